The lowest BCUT2D eigenvalue weighted by atomic mass is 9.93. The van der Waals surface area contributed by atoms with Crippen LogP contribution in [0, 0.1) is 0 Å². The number of aliphatic hydroxyl groups excluding tert-OH is 1. The molecule has 6 heteroatoms. The predicted molar refractivity (Wildman–Crippen MR) is 80.8 cm³/mol. The van der Waals surface area contributed by atoms with Crippen LogP contribution >= 0.6 is 0 Å². The molecule has 4 nitrogen and oxygen atoms in total. The van der Waals surface area contributed by atoms with Crippen LogP contribution in [0.3, 0.4) is 0 Å². The van der Waals surface area contributed by atoms with Crippen molar-refractivity contribution in [2.45, 2.75) is 56.1 Å². The normalized spacial score (nSPS) is 24.2. The van der Waals surface area contributed by atoms with Crippen LogP contribution < -0.4 is 10.1 Å². The number of carbonyl (C=O) groups is 1. The van der Waals surface area contributed by atoms with Crippen LogP contribution in [0.2, 0.25) is 0 Å². The molecule has 23 heavy (non-hydrogen) atoms. The van der Waals surface area contributed by atoms with Crippen LogP contribution in [0.1, 0.15) is 48.9 Å². The van der Waals surface area contributed by atoms with Gasteiger partial charge in [0.05, 0.1) is 6.42 Å². The first kappa shape index (κ1) is 16.2. The van der Waals surface area contributed by atoms with Crippen molar-refractivity contribution < 1.29 is 23.4 Å². The summed E-state index contributed by atoms with van der Waals surface area (Å²) in [6, 6.07) is 6.23. The smallest absolute Gasteiger partial charge is 0.288 e. The Labute approximate surface area is 133 Å². The van der Waals surface area contributed by atoms with Crippen LogP contribution in [-0.4, -0.2) is 35.2 Å². The summed E-state index contributed by atoms with van der Waals surface area (Å²) in [6.45, 7) is 0.0443. The van der Waals surface area contributed by atoms with Crippen molar-refractivity contribution in [3.63, 3.8) is 0 Å². The number of halogens is 2. The van der Waals surface area contributed by atoms with E-state index in [1.165, 1.54) is 12.1 Å². The molecule has 1 atom stereocenters. The molecule has 2 fully saturated rings. The maximum atomic E-state index is 12.8. The van der Waals surface area contributed by atoms with Crippen LogP contribution in [0.5, 0.6) is 5.75 Å². The highest BCUT2D eigenvalue weighted by Gasteiger charge is 2.59. The van der Waals surface area contributed by atoms with Crippen molar-refractivity contribution >= 4 is 5.91 Å². The molecule has 0 heterocycles. The maximum absolute atomic E-state index is 12.8. The molecule has 0 bridgehead atoms. The van der Waals surface area contributed by atoms with Gasteiger partial charge in [0.15, 0.2) is 6.10 Å². The Morgan fingerprint density at radius 3 is 2.39 bits per heavy atom. The number of hydrogen-bond acceptors (Lipinski definition) is 3. The number of benzene rings is 1. The van der Waals surface area contributed by atoms with Gasteiger partial charge in [0.1, 0.15) is 5.75 Å². The molecule has 0 radical (unpaired) electrons. The van der Waals surface area contributed by atoms with E-state index in [2.05, 4.69) is 5.32 Å². The standard InChI is InChI=1S/C17H21F2NO3/c18-17(19)11-14(17)23-13-5-3-12(4-6-13)15(22)20-16(9-10-21)7-1-2-8-16/h3-6,14,21H,1-2,7-11H2,(H,20,22). The van der Waals surface area contributed by atoms with Gasteiger partial charge in [0.2, 0.25) is 0 Å². The lowest BCUT2D eigenvalue weighted by molar-refractivity contribution is 0.0664. The van der Waals surface area contributed by atoms with E-state index in [1.54, 1.807) is 12.1 Å². The highest BCUT2D eigenvalue weighted by molar-refractivity contribution is 5.94. The molecule has 2 aliphatic rings. The van der Waals surface area contributed by atoms with Crippen molar-refractivity contribution in [1.29, 1.82) is 0 Å². The average molecular weight is 325 g/mol. The van der Waals surface area contributed by atoms with E-state index in [4.69, 9.17) is 4.74 Å². The number of carbonyl (C=O) groups excluding carboxylic acids is 1. The lowest BCUT2D eigenvalue weighted by Gasteiger charge is -2.29. The summed E-state index contributed by atoms with van der Waals surface area (Å²) >= 11 is 0. The Morgan fingerprint density at radius 2 is 1.87 bits per heavy atom. The number of amides is 1. The Balaban J connectivity index is 1.61. The highest BCUT2D eigenvalue weighted by atomic mass is 19.3. The van der Waals surface area contributed by atoms with Gasteiger partial charge in [-0.3, -0.25) is 4.79 Å². The average Bonchev–Trinajstić information content (AvgIpc) is 2.90. The molecular weight excluding hydrogens is 304 g/mol. The SMILES string of the molecule is O=C(NC1(CCO)CCCC1)c1ccc(OC2CC2(F)F)cc1. The molecule has 0 saturated heterocycles. The van der Waals surface area contributed by atoms with Crippen LogP contribution in [0.15, 0.2) is 24.3 Å². The first-order chi connectivity index (χ1) is 10.9. The van der Waals surface area contributed by atoms with Crippen LogP contribution in [-0.2, 0) is 0 Å². The summed E-state index contributed by atoms with van der Waals surface area (Å²) in [7, 11) is 0. The summed E-state index contributed by atoms with van der Waals surface area (Å²) in [5, 5.41) is 12.3. The van der Waals surface area contributed by atoms with Gasteiger partial charge in [-0.2, -0.15) is 0 Å². The van der Waals surface area contributed by atoms with Gasteiger partial charge in [-0.25, -0.2) is 8.78 Å². The van der Waals surface area contributed by atoms with E-state index < -0.39 is 12.0 Å². The number of rotatable bonds is 6. The zero-order valence-electron chi connectivity index (χ0n) is 12.9. The second-order valence-corrected chi connectivity index (χ2v) is 6.51. The van der Waals surface area contributed by atoms with E-state index in [9.17, 15) is 18.7 Å². The van der Waals surface area contributed by atoms with Gasteiger partial charge in [-0.15, -0.1) is 0 Å². The molecule has 1 aromatic carbocycles. The number of alkyl halides is 2. The zero-order chi connectivity index (χ0) is 16.5. The monoisotopic (exact) mass is 325 g/mol. The Bertz CT molecular complexity index is 568. The van der Waals surface area contributed by atoms with Gasteiger partial charge in [0.25, 0.3) is 11.8 Å². The van der Waals surface area contributed by atoms with E-state index in [0.717, 1.165) is 25.7 Å². The fraction of sp³-hybridized carbons (Fsp3) is 0.588. The van der Waals surface area contributed by atoms with E-state index in [1.807, 2.05) is 0 Å². The molecule has 1 unspecified atom stereocenters. The van der Waals surface area contributed by atoms with E-state index in [-0.39, 0.29) is 24.5 Å². The maximum Gasteiger partial charge on any atom is 0.288 e. The van der Waals surface area contributed by atoms with Crippen LogP contribution in [0.25, 0.3) is 0 Å². The molecule has 2 saturated carbocycles. The van der Waals surface area contributed by atoms with Crippen LogP contribution in [0.4, 0.5) is 8.78 Å². The molecule has 2 N–H and O–H groups in total. The fourth-order valence-electron chi connectivity index (χ4n) is 3.18. The van der Waals surface area contributed by atoms with Crippen molar-refractivity contribution in [2.24, 2.45) is 0 Å². The van der Waals surface area contributed by atoms with Crippen molar-refractivity contribution in [1.82, 2.24) is 5.32 Å². The van der Waals surface area contributed by atoms with Gasteiger partial charge in [0, 0.05) is 17.7 Å². The Morgan fingerprint density at radius 1 is 1.26 bits per heavy atom. The summed E-state index contributed by atoms with van der Waals surface area (Å²) in [5.74, 6) is -2.59. The molecular formula is C17H21F2NO3. The number of aliphatic hydroxyl groups is 1. The molecule has 126 valence electrons. The Hall–Kier alpha value is -1.69. The number of ether oxygens (including phenoxy) is 1. The zero-order valence-corrected chi connectivity index (χ0v) is 12.9. The topological polar surface area (TPSA) is 58.6 Å². The highest BCUT2D eigenvalue weighted by Crippen LogP contribution is 2.44. The minimum Gasteiger partial charge on any atom is -0.484 e. The van der Waals surface area contributed by atoms with Crippen molar-refractivity contribution in [3.8, 4) is 5.75 Å². The molecule has 2 aliphatic carbocycles. The summed E-state index contributed by atoms with van der Waals surface area (Å²) in [5.41, 5.74) is 0.140. The quantitative estimate of drug-likeness (QED) is 0.845. The molecule has 0 aromatic heterocycles. The van der Waals surface area contributed by atoms with E-state index >= 15 is 0 Å². The van der Waals surface area contributed by atoms with Gasteiger partial charge in [-0.1, -0.05) is 12.8 Å². The molecule has 1 amide bonds. The number of hydrogen-bond donors (Lipinski definition) is 2. The van der Waals surface area contributed by atoms with Crippen molar-refractivity contribution in [2.75, 3.05) is 6.61 Å². The minimum atomic E-state index is -2.73. The third-order valence-corrected chi connectivity index (χ3v) is 4.69. The number of nitrogens with one attached hydrogen (secondary N) is 1. The molecule has 3 rings (SSSR count). The van der Waals surface area contributed by atoms with E-state index in [0.29, 0.717) is 17.7 Å². The largest absolute Gasteiger partial charge is 0.484 e. The third kappa shape index (κ3) is 3.63. The molecule has 0 aliphatic heterocycles. The fourth-order valence-corrected chi connectivity index (χ4v) is 3.18. The first-order valence-corrected chi connectivity index (χ1v) is 8.02. The first-order valence-electron chi connectivity index (χ1n) is 8.02. The minimum absolute atomic E-state index is 0.0443. The summed E-state index contributed by atoms with van der Waals surface area (Å²) < 4.78 is 30.8. The lowest BCUT2D eigenvalue weighted by Crippen LogP contribution is -2.46. The van der Waals surface area contributed by atoms with Gasteiger partial charge in [-0.05, 0) is 43.5 Å². The third-order valence-electron chi connectivity index (χ3n) is 4.69. The second kappa shape index (κ2) is 6.07. The summed E-state index contributed by atoms with van der Waals surface area (Å²) in [4.78, 5) is 12.4. The molecule has 1 aromatic rings. The Kier molecular flexibility index (Phi) is 4.27. The second-order valence-electron chi connectivity index (χ2n) is 6.51. The van der Waals surface area contributed by atoms with Gasteiger partial charge < -0.3 is 15.2 Å². The van der Waals surface area contributed by atoms with Crippen molar-refractivity contribution in [3.05, 3.63) is 29.8 Å². The summed E-state index contributed by atoms with van der Waals surface area (Å²) in [6.07, 6.45) is 3.09. The molecule has 0 spiro atoms. The predicted octanol–water partition coefficient (Wildman–Crippen LogP) is 2.90. The van der Waals surface area contributed by atoms with Gasteiger partial charge >= 0.3 is 0 Å².